The maximum atomic E-state index is 11.5. The number of allylic oxidation sites excluding steroid dienone is 4. The van der Waals surface area contributed by atoms with Gasteiger partial charge in [-0.05, 0) is 53.0 Å². The first-order chi connectivity index (χ1) is 11.8. The monoisotopic (exact) mass is 343 g/mol. The van der Waals surface area contributed by atoms with E-state index in [2.05, 4.69) is 41.7 Å². The number of nitrogens with zero attached hydrogens (tertiary/aromatic N) is 2. The van der Waals surface area contributed by atoms with Gasteiger partial charge in [-0.25, -0.2) is 0 Å². The van der Waals surface area contributed by atoms with Crippen LogP contribution in [0, 0.1) is 0 Å². The van der Waals surface area contributed by atoms with Crippen LogP contribution < -0.4 is 5.32 Å². The molecule has 0 aromatic heterocycles. The molecule has 1 heterocycles. The van der Waals surface area contributed by atoms with Crippen molar-refractivity contribution in [2.24, 2.45) is 4.99 Å². The third kappa shape index (κ3) is 6.04. The van der Waals surface area contributed by atoms with Gasteiger partial charge in [0, 0.05) is 37.5 Å². The Bertz CT molecular complexity index is 619. The molecular weight excluding hydrogens is 310 g/mol. The number of likely N-dealkylation sites (tertiary alicyclic amines) is 1. The molecule has 0 radical (unpaired) electrons. The highest BCUT2D eigenvalue weighted by atomic mass is 16.1. The maximum Gasteiger partial charge on any atom is 0.221 e. The molecule has 0 bridgehead atoms. The number of carbonyl (C=O) groups excluding carboxylic acids is 1. The second-order valence-electron chi connectivity index (χ2n) is 6.74. The highest BCUT2D eigenvalue weighted by Gasteiger charge is 2.28. The van der Waals surface area contributed by atoms with Crippen LogP contribution in [0.5, 0.6) is 0 Å². The van der Waals surface area contributed by atoms with E-state index in [4.69, 9.17) is 0 Å². The molecular formula is C21H33N3O. The summed E-state index contributed by atoms with van der Waals surface area (Å²) >= 11 is 0. The maximum absolute atomic E-state index is 11.5. The standard InChI is InChI=1S/C21H33N3O/c1-8-11-19(16(4)23-18(6)25)17(5)24-13-10-9-12-21(24)20(22-7)14-15(2)3/h8,11,14,21H,5,9-10,12-13H2,1-4,6-7H3,(H,23,25)/b11-8-,19-16-,22-20?/t21-/m0/s1. The summed E-state index contributed by atoms with van der Waals surface area (Å²) in [6.45, 7) is 14.9. The summed E-state index contributed by atoms with van der Waals surface area (Å²) in [4.78, 5) is 18.3. The van der Waals surface area contributed by atoms with E-state index >= 15 is 0 Å². The molecule has 1 aliphatic rings. The van der Waals surface area contributed by atoms with Crippen molar-refractivity contribution in [3.63, 3.8) is 0 Å². The molecule has 25 heavy (non-hydrogen) atoms. The Labute approximate surface area is 153 Å². The highest BCUT2D eigenvalue weighted by molar-refractivity contribution is 6.00. The Morgan fingerprint density at radius 2 is 1.92 bits per heavy atom. The summed E-state index contributed by atoms with van der Waals surface area (Å²) in [6, 6.07) is 0.228. The lowest BCUT2D eigenvalue weighted by atomic mass is 9.94. The van der Waals surface area contributed by atoms with Gasteiger partial charge in [0.05, 0.1) is 11.8 Å². The number of piperidine rings is 1. The number of carbonyl (C=O) groups is 1. The summed E-state index contributed by atoms with van der Waals surface area (Å²) in [6.07, 6.45) is 9.56. The lowest BCUT2D eigenvalue weighted by molar-refractivity contribution is -0.118. The molecule has 1 rings (SSSR count). The van der Waals surface area contributed by atoms with Crippen LogP contribution >= 0.6 is 0 Å². The van der Waals surface area contributed by atoms with E-state index in [1.54, 1.807) is 0 Å². The van der Waals surface area contributed by atoms with E-state index in [9.17, 15) is 4.79 Å². The Morgan fingerprint density at radius 1 is 1.24 bits per heavy atom. The lowest BCUT2D eigenvalue weighted by Crippen LogP contribution is -2.44. The van der Waals surface area contributed by atoms with Crippen molar-refractivity contribution < 1.29 is 4.79 Å². The summed E-state index contributed by atoms with van der Waals surface area (Å²) in [5, 5.41) is 2.90. The fraction of sp³-hybridized carbons (Fsp3) is 0.524. The van der Waals surface area contributed by atoms with Crippen LogP contribution in [-0.4, -0.2) is 36.2 Å². The Morgan fingerprint density at radius 3 is 2.44 bits per heavy atom. The number of rotatable bonds is 6. The van der Waals surface area contributed by atoms with Gasteiger partial charge in [-0.1, -0.05) is 24.3 Å². The Hall–Kier alpha value is -2.10. The van der Waals surface area contributed by atoms with Gasteiger partial charge in [0.1, 0.15) is 0 Å². The van der Waals surface area contributed by atoms with Crippen LogP contribution in [0.2, 0.25) is 0 Å². The van der Waals surface area contributed by atoms with Crippen LogP contribution in [0.15, 0.2) is 52.3 Å². The van der Waals surface area contributed by atoms with Crippen LogP contribution in [0.3, 0.4) is 0 Å². The average molecular weight is 344 g/mol. The number of amides is 1. The van der Waals surface area contributed by atoms with Crippen molar-refractivity contribution in [2.75, 3.05) is 13.6 Å². The average Bonchev–Trinajstić information content (AvgIpc) is 2.56. The summed E-state index contributed by atoms with van der Waals surface area (Å²) in [5.74, 6) is -0.0668. The van der Waals surface area contributed by atoms with Crippen LogP contribution in [0.4, 0.5) is 0 Å². The van der Waals surface area contributed by atoms with E-state index in [0.717, 1.165) is 42.1 Å². The Kier molecular flexibility index (Phi) is 8.39. The van der Waals surface area contributed by atoms with Crippen molar-refractivity contribution in [3.05, 3.63) is 47.3 Å². The van der Waals surface area contributed by atoms with E-state index in [1.165, 1.54) is 18.9 Å². The predicted octanol–water partition coefficient (Wildman–Crippen LogP) is 4.38. The van der Waals surface area contributed by atoms with Gasteiger partial charge >= 0.3 is 0 Å². The minimum atomic E-state index is -0.0668. The van der Waals surface area contributed by atoms with Crippen molar-refractivity contribution >= 4 is 11.6 Å². The first kappa shape index (κ1) is 20.9. The molecule has 4 heteroatoms. The minimum Gasteiger partial charge on any atom is -0.363 e. The zero-order valence-corrected chi connectivity index (χ0v) is 16.6. The van der Waals surface area contributed by atoms with Gasteiger partial charge in [0.15, 0.2) is 0 Å². The van der Waals surface area contributed by atoms with Gasteiger partial charge in [-0.15, -0.1) is 0 Å². The summed E-state index contributed by atoms with van der Waals surface area (Å²) in [7, 11) is 1.86. The fourth-order valence-corrected chi connectivity index (χ4v) is 3.26. The number of nitrogens with one attached hydrogen (secondary N) is 1. The molecule has 1 saturated heterocycles. The van der Waals surface area contributed by atoms with Gasteiger partial charge in [-0.2, -0.15) is 0 Å². The van der Waals surface area contributed by atoms with Crippen molar-refractivity contribution in [1.82, 2.24) is 10.2 Å². The van der Waals surface area contributed by atoms with Crippen molar-refractivity contribution in [2.45, 2.75) is 59.9 Å². The van der Waals surface area contributed by atoms with Gasteiger partial charge in [-0.3, -0.25) is 9.79 Å². The molecule has 0 saturated carbocycles. The number of hydrogen-bond acceptors (Lipinski definition) is 3. The minimum absolute atomic E-state index is 0.0668. The summed E-state index contributed by atoms with van der Waals surface area (Å²) in [5.41, 5.74) is 5.08. The molecule has 0 aliphatic carbocycles. The molecule has 1 amide bonds. The molecule has 0 spiro atoms. The normalized spacial score (nSPS) is 19.5. The van der Waals surface area contributed by atoms with Crippen LogP contribution in [0.1, 0.15) is 53.9 Å². The molecule has 1 aliphatic heterocycles. The molecule has 1 N–H and O–H groups in total. The number of hydrogen-bond donors (Lipinski definition) is 1. The zero-order valence-electron chi connectivity index (χ0n) is 16.6. The molecule has 1 atom stereocenters. The largest absolute Gasteiger partial charge is 0.363 e. The van der Waals surface area contributed by atoms with Crippen molar-refractivity contribution in [3.8, 4) is 0 Å². The first-order valence-electron chi connectivity index (χ1n) is 9.00. The van der Waals surface area contributed by atoms with Gasteiger partial charge in [0.25, 0.3) is 0 Å². The smallest absolute Gasteiger partial charge is 0.221 e. The molecule has 0 unspecified atom stereocenters. The molecule has 0 aromatic carbocycles. The van der Waals surface area contributed by atoms with Crippen LogP contribution in [-0.2, 0) is 4.79 Å². The van der Waals surface area contributed by atoms with Gasteiger partial charge in [0.2, 0.25) is 5.91 Å². The quantitative estimate of drug-likeness (QED) is 0.574. The SMILES string of the molecule is C=C(C(/C=C\C)=C(/C)NC(C)=O)N1CCCC[C@H]1C(C=C(C)C)=NC. The molecule has 0 aromatic rings. The summed E-state index contributed by atoms with van der Waals surface area (Å²) < 4.78 is 0. The molecule has 1 fully saturated rings. The molecule has 138 valence electrons. The second-order valence-corrected chi connectivity index (χ2v) is 6.74. The van der Waals surface area contributed by atoms with E-state index < -0.39 is 0 Å². The van der Waals surface area contributed by atoms with Gasteiger partial charge < -0.3 is 10.2 Å². The van der Waals surface area contributed by atoms with Crippen molar-refractivity contribution in [1.29, 1.82) is 0 Å². The second kappa shape index (κ2) is 10.0. The Balaban J connectivity index is 3.25. The van der Waals surface area contributed by atoms with E-state index in [0.29, 0.717) is 0 Å². The molecule has 4 nitrogen and oxygen atoms in total. The van der Waals surface area contributed by atoms with Crippen LogP contribution in [0.25, 0.3) is 0 Å². The fourth-order valence-electron chi connectivity index (χ4n) is 3.26. The van der Waals surface area contributed by atoms with E-state index in [1.807, 2.05) is 33.0 Å². The van der Waals surface area contributed by atoms with E-state index in [-0.39, 0.29) is 11.9 Å². The third-order valence-electron chi connectivity index (χ3n) is 4.30. The zero-order chi connectivity index (χ0) is 19.0. The number of aliphatic imine (C=N–C) groups is 1. The lowest BCUT2D eigenvalue weighted by Gasteiger charge is -2.39. The highest BCUT2D eigenvalue weighted by Crippen LogP contribution is 2.28. The topological polar surface area (TPSA) is 44.7 Å². The predicted molar refractivity (Wildman–Crippen MR) is 108 cm³/mol. The third-order valence-corrected chi connectivity index (χ3v) is 4.30. The first-order valence-corrected chi connectivity index (χ1v) is 9.00.